The SMILES string of the molecule is [C-]#[N+]/C(C#N)=C1\C(=C\c2ccc(N(CCCCCC)CCCCCC)cc2C)Cc2ccccc21. The Labute approximate surface area is 212 Å². The first-order chi connectivity index (χ1) is 17.1. The molecular formula is C32H39N3. The van der Waals surface area contributed by atoms with Gasteiger partial charge in [0.2, 0.25) is 0 Å². The van der Waals surface area contributed by atoms with Gasteiger partial charge in [-0.3, -0.25) is 0 Å². The molecule has 0 heterocycles. The van der Waals surface area contributed by atoms with E-state index in [4.69, 9.17) is 6.57 Å². The van der Waals surface area contributed by atoms with E-state index in [1.807, 2.05) is 18.2 Å². The summed E-state index contributed by atoms with van der Waals surface area (Å²) in [5.41, 5.74) is 7.95. The van der Waals surface area contributed by atoms with E-state index in [9.17, 15) is 5.26 Å². The third-order valence-electron chi connectivity index (χ3n) is 6.95. The molecule has 0 spiro atoms. The van der Waals surface area contributed by atoms with Crippen molar-refractivity contribution < 1.29 is 0 Å². The Morgan fingerprint density at radius 2 is 1.69 bits per heavy atom. The van der Waals surface area contributed by atoms with Crippen molar-refractivity contribution in [1.82, 2.24) is 0 Å². The molecule has 0 aromatic heterocycles. The fourth-order valence-corrected chi connectivity index (χ4v) is 4.96. The molecule has 0 amide bonds. The lowest BCUT2D eigenvalue weighted by molar-refractivity contribution is 0.609. The molecule has 0 fully saturated rings. The Hall–Kier alpha value is -3.30. The van der Waals surface area contributed by atoms with Crippen LogP contribution in [0.1, 0.15) is 87.5 Å². The van der Waals surface area contributed by atoms with Crippen LogP contribution in [0.3, 0.4) is 0 Å². The zero-order chi connectivity index (χ0) is 25.0. The molecule has 2 aromatic rings. The van der Waals surface area contributed by atoms with E-state index in [1.165, 1.54) is 68.2 Å². The van der Waals surface area contributed by atoms with Gasteiger partial charge in [-0.15, -0.1) is 0 Å². The van der Waals surface area contributed by atoms with Crippen LogP contribution in [-0.4, -0.2) is 13.1 Å². The summed E-state index contributed by atoms with van der Waals surface area (Å²) in [7, 11) is 0. The minimum Gasteiger partial charge on any atom is -0.372 e. The van der Waals surface area contributed by atoms with Gasteiger partial charge in [0.25, 0.3) is 5.70 Å². The van der Waals surface area contributed by atoms with Crippen molar-refractivity contribution in [2.75, 3.05) is 18.0 Å². The Kier molecular flexibility index (Phi) is 10.2. The summed E-state index contributed by atoms with van der Waals surface area (Å²) in [6.45, 7) is 16.5. The number of hydrogen-bond donors (Lipinski definition) is 0. The molecule has 1 aliphatic carbocycles. The molecular weight excluding hydrogens is 426 g/mol. The van der Waals surface area contributed by atoms with Gasteiger partial charge in [-0.1, -0.05) is 88.8 Å². The highest BCUT2D eigenvalue weighted by Crippen LogP contribution is 2.40. The molecule has 182 valence electrons. The summed E-state index contributed by atoms with van der Waals surface area (Å²) < 4.78 is 0. The second-order valence-electron chi connectivity index (χ2n) is 9.60. The van der Waals surface area contributed by atoms with Crippen LogP contribution >= 0.6 is 0 Å². The Balaban J connectivity index is 1.87. The fraction of sp³-hybridized carbons (Fsp3) is 0.438. The number of nitriles is 1. The zero-order valence-corrected chi connectivity index (χ0v) is 21.7. The monoisotopic (exact) mass is 465 g/mol. The van der Waals surface area contributed by atoms with Crippen LogP contribution in [0.2, 0.25) is 0 Å². The highest BCUT2D eigenvalue weighted by Gasteiger charge is 2.24. The summed E-state index contributed by atoms with van der Waals surface area (Å²) in [4.78, 5) is 6.11. The average Bonchev–Trinajstić information content (AvgIpc) is 3.23. The summed E-state index contributed by atoms with van der Waals surface area (Å²) >= 11 is 0. The molecule has 3 rings (SSSR count). The van der Waals surface area contributed by atoms with E-state index < -0.39 is 0 Å². The van der Waals surface area contributed by atoms with Gasteiger partial charge in [0.05, 0.1) is 12.6 Å². The summed E-state index contributed by atoms with van der Waals surface area (Å²) in [6, 6.07) is 17.0. The molecule has 0 N–H and O–H groups in total. The third-order valence-corrected chi connectivity index (χ3v) is 6.95. The van der Waals surface area contributed by atoms with Gasteiger partial charge in [0.15, 0.2) is 0 Å². The van der Waals surface area contributed by atoms with E-state index >= 15 is 0 Å². The molecule has 0 radical (unpaired) electrons. The minimum atomic E-state index is 0.181. The van der Waals surface area contributed by atoms with Crippen LogP contribution < -0.4 is 4.90 Å². The molecule has 3 heteroatoms. The topological polar surface area (TPSA) is 31.4 Å². The van der Waals surface area contributed by atoms with Gasteiger partial charge >= 0.3 is 0 Å². The van der Waals surface area contributed by atoms with Crippen LogP contribution in [0.15, 0.2) is 53.7 Å². The fourth-order valence-electron chi connectivity index (χ4n) is 4.96. The first-order valence-corrected chi connectivity index (χ1v) is 13.3. The first-order valence-electron chi connectivity index (χ1n) is 13.3. The lowest BCUT2D eigenvalue weighted by Crippen LogP contribution is -2.25. The molecule has 0 aliphatic heterocycles. The maximum atomic E-state index is 9.60. The van der Waals surface area contributed by atoms with Crippen LogP contribution in [0.4, 0.5) is 5.69 Å². The van der Waals surface area contributed by atoms with Gasteiger partial charge in [-0.25, -0.2) is 10.1 Å². The van der Waals surface area contributed by atoms with E-state index in [1.54, 1.807) is 0 Å². The third kappa shape index (κ3) is 6.86. The number of aryl methyl sites for hydroxylation is 1. The maximum Gasteiger partial charge on any atom is 0.269 e. The number of anilines is 1. The van der Waals surface area contributed by atoms with Crippen molar-refractivity contribution in [1.29, 1.82) is 5.26 Å². The van der Waals surface area contributed by atoms with Crippen molar-refractivity contribution >= 4 is 17.3 Å². The van der Waals surface area contributed by atoms with Gasteiger partial charge in [0, 0.05) is 24.4 Å². The molecule has 0 atom stereocenters. The number of unbranched alkanes of at least 4 members (excludes halogenated alkanes) is 6. The van der Waals surface area contributed by atoms with Crippen molar-refractivity contribution in [3.05, 3.63) is 87.4 Å². The Morgan fingerprint density at radius 3 is 2.29 bits per heavy atom. The normalized spacial score (nSPS) is 14.9. The molecule has 0 saturated heterocycles. The van der Waals surface area contributed by atoms with Crippen LogP contribution in [0.5, 0.6) is 0 Å². The number of fused-ring (bicyclic) bond motifs is 1. The minimum absolute atomic E-state index is 0.181. The van der Waals surface area contributed by atoms with E-state index in [0.29, 0.717) is 0 Å². The van der Waals surface area contributed by atoms with Gasteiger partial charge in [0.1, 0.15) is 0 Å². The summed E-state index contributed by atoms with van der Waals surface area (Å²) in [5.74, 6) is 0. The Bertz CT molecular complexity index is 1110. The van der Waals surface area contributed by atoms with Crippen LogP contribution in [0, 0.1) is 24.8 Å². The van der Waals surface area contributed by atoms with Gasteiger partial charge < -0.3 is 4.90 Å². The smallest absolute Gasteiger partial charge is 0.269 e. The van der Waals surface area contributed by atoms with E-state index in [2.05, 4.69) is 66.9 Å². The van der Waals surface area contributed by atoms with Crippen molar-refractivity contribution in [2.45, 2.75) is 78.6 Å². The van der Waals surface area contributed by atoms with Crippen molar-refractivity contribution in [2.24, 2.45) is 0 Å². The lowest BCUT2D eigenvalue weighted by atomic mass is 9.98. The van der Waals surface area contributed by atoms with Crippen molar-refractivity contribution in [3.63, 3.8) is 0 Å². The maximum absolute atomic E-state index is 9.60. The molecule has 0 saturated carbocycles. The standard InChI is InChI=1S/C32H39N3/c1-5-7-9-13-19-35(20-14-10-8-6-2)29-18-17-26(25(3)21-29)22-28-23-27-15-11-12-16-30(27)32(28)31(24-33)34-4/h11-12,15-18,21-22H,5-10,13-14,19-20,23H2,1-3H3/b28-22+,32-31+. The largest absolute Gasteiger partial charge is 0.372 e. The van der Waals surface area contributed by atoms with E-state index in [-0.39, 0.29) is 5.70 Å². The van der Waals surface area contributed by atoms with Gasteiger partial charge in [-0.2, -0.15) is 0 Å². The summed E-state index contributed by atoms with van der Waals surface area (Å²) in [6.07, 6.45) is 13.2. The highest BCUT2D eigenvalue weighted by atomic mass is 15.1. The molecule has 35 heavy (non-hydrogen) atoms. The van der Waals surface area contributed by atoms with Crippen LogP contribution in [0.25, 0.3) is 16.5 Å². The molecule has 0 bridgehead atoms. The van der Waals surface area contributed by atoms with Crippen LogP contribution in [-0.2, 0) is 6.42 Å². The Morgan fingerprint density at radius 1 is 1.00 bits per heavy atom. The number of hydrogen-bond acceptors (Lipinski definition) is 2. The number of benzene rings is 2. The number of rotatable bonds is 12. The van der Waals surface area contributed by atoms with Gasteiger partial charge in [-0.05, 0) is 66.1 Å². The number of allylic oxidation sites excluding steroid dienone is 3. The van der Waals surface area contributed by atoms with E-state index in [0.717, 1.165) is 41.8 Å². The summed E-state index contributed by atoms with van der Waals surface area (Å²) in [5, 5.41) is 9.60. The molecule has 1 aliphatic rings. The molecule has 3 nitrogen and oxygen atoms in total. The van der Waals surface area contributed by atoms with Crippen molar-refractivity contribution in [3.8, 4) is 6.07 Å². The predicted octanol–water partition coefficient (Wildman–Crippen LogP) is 8.76. The molecule has 0 unspecified atom stereocenters. The second-order valence-corrected chi connectivity index (χ2v) is 9.60. The quantitative estimate of drug-likeness (QED) is 0.178. The highest BCUT2D eigenvalue weighted by molar-refractivity contribution is 5.94. The second kappa shape index (κ2) is 13.6. The predicted molar refractivity (Wildman–Crippen MR) is 149 cm³/mol. The first kappa shape index (κ1) is 26.3. The average molecular weight is 466 g/mol. The number of nitrogens with zero attached hydrogens (tertiary/aromatic N) is 3. The lowest BCUT2D eigenvalue weighted by Gasteiger charge is -2.26. The molecule has 2 aromatic carbocycles. The zero-order valence-electron chi connectivity index (χ0n) is 21.7.